The van der Waals surface area contributed by atoms with E-state index in [1.807, 2.05) is 13.8 Å². The lowest BCUT2D eigenvalue weighted by Gasteiger charge is -2.12. The van der Waals surface area contributed by atoms with Gasteiger partial charge in [0.25, 0.3) is 0 Å². The molecule has 1 atom stereocenters. The van der Waals surface area contributed by atoms with Crippen molar-refractivity contribution >= 4 is 11.8 Å². The van der Waals surface area contributed by atoms with E-state index in [2.05, 4.69) is 5.32 Å². The Morgan fingerprint density at radius 3 is 2.26 bits per heavy atom. The molecule has 1 unspecified atom stereocenters. The maximum absolute atomic E-state index is 12.0. The van der Waals surface area contributed by atoms with Crippen LogP contribution in [0.25, 0.3) is 0 Å². The van der Waals surface area contributed by atoms with E-state index >= 15 is 0 Å². The maximum Gasteiger partial charge on any atom is 0.317 e. The topological polar surface area (TPSA) is 75.6 Å². The smallest absolute Gasteiger partial charge is 0.317 e. The second-order valence-corrected chi connectivity index (χ2v) is 4.55. The molecule has 0 aromatic heterocycles. The molecule has 5 heteroatoms. The largest absolute Gasteiger partial charge is 0.491 e. The highest BCUT2D eigenvalue weighted by Crippen LogP contribution is 2.14. The number of rotatable bonds is 7. The number of hydrogen-bond acceptors (Lipinski definition) is 4. The number of carboxylic acids is 1. The van der Waals surface area contributed by atoms with Gasteiger partial charge in [-0.3, -0.25) is 14.9 Å². The number of ketones is 1. The Balaban J connectivity index is 2.64. The highest BCUT2D eigenvalue weighted by atomic mass is 16.5. The number of nitrogens with one attached hydrogen (secondary N) is 1. The minimum atomic E-state index is -0.986. The van der Waals surface area contributed by atoms with E-state index in [1.165, 1.54) is 0 Å². The fraction of sp³-hybridized carbons (Fsp3) is 0.429. The minimum Gasteiger partial charge on any atom is -0.491 e. The predicted molar refractivity (Wildman–Crippen MR) is 71.6 cm³/mol. The molecule has 0 heterocycles. The molecule has 0 spiro atoms. The van der Waals surface area contributed by atoms with Gasteiger partial charge in [-0.15, -0.1) is 0 Å². The van der Waals surface area contributed by atoms with Gasteiger partial charge in [0.1, 0.15) is 5.75 Å². The van der Waals surface area contributed by atoms with Crippen LogP contribution < -0.4 is 10.1 Å². The van der Waals surface area contributed by atoms with Crippen molar-refractivity contribution in [1.82, 2.24) is 5.32 Å². The molecule has 1 aromatic carbocycles. The number of aliphatic carboxylic acids is 1. The molecule has 5 nitrogen and oxygen atoms in total. The van der Waals surface area contributed by atoms with Gasteiger partial charge in [0.2, 0.25) is 0 Å². The van der Waals surface area contributed by atoms with Crippen LogP contribution in [0.3, 0.4) is 0 Å². The number of carbonyl (C=O) groups is 2. The summed E-state index contributed by atoms with van der Waals surface area (Å²) in [5.74, 6) is -0.421. The highest BCUT2D eigenvalue weighted by molar-refractivity contribution is 6.00. The third kappa shape index (κ3) is 5.09. The first-order chi connectivity index (χ1) is 8.90. The summed E-state index contributed by atoms with van der Waals surface area (Å²) in [6.45, 7) is 5.26. The van der Waals surface area contributed by atoms with Gasteiger partial charge in [-0.2, -0.15) is 0 Å². The van der Waals surface area contributed by atoms with Crippen LogP contribution in [0.2, 0.25) is 0 Å². The highest BCUT2D eigenvalue weighted by Gasteiger charge is 2.15. The van der Waals surface area contributed by atoms with Gasteiger partial charge in [0.15, 0.2) is 5.78 Å². The first kappa shape index (κ1) is 15.2. The number of hydrogen-bond donors (Lipinski definition) is 2. The lowest BCUT2D eigenvalue weighted by atomic mass is 10.1. The van der Waals surface area contributed by atoms with Crippen molar-refractivity contribution in [3.63, 3.8) is 0 Å². The second kappa shape index (κ2) is 6.89. The van der Waals surface area contributed by atoms with Gasteiger partial charge in [0.05, 0.1) is 18.7 Å². The molecule has 19 heavy (non-hydrogen) atoms. The fourth-order valence-electron chi connectivity index (χ4n) is 1.55. The lowest BCUT2D eigenvalue weighted by molar-refractivity contribution is -0.136. The Labute approximate surface area is 112 Å². The van der Waals surface area contributed by atoms with Crippen molar-refractivity contribution in [2.75, 3.05) is 6.54 Å². The Morgan fingerprint density at radius 2 is 1.79 bits per heavy atom. The molecule has 0 saturated heterocycles. The van der Waals surface area contributed by atoms with Crippen molar-refractivity contribution in [3.8, 4) is 5.75 Å². The molecule has 0 aliphatic rings. The van der Waals surface area contributed by atoms with Crippen molar-refractivity contribution in [1.29, 1.82) is 0 Å². The minimum absolute atomic E-state index is 0.0812. The number of carbonyl (C=O) groups excluding carboxylic acids is 1. The molecular weight excluding hydrogens is 246 g/mol. The predicted octanol–water partition coefficient (Wildman–Crippen LogP) is 1.72. The summed E-state index contributed by atoms with van der Waals surface area (Å²) < 4.78 is 5.48. The third-order valence-electron chi connectivity index (χ3n) is 2.46. The van der Waals surface area contributed by atoms with Crippen LogP contribution in [0.1, 0.15) is 31.1 Å². The molecule has 1 rings (SSSR count). The summed E-state index contributed by atoms with van der Waals surface area (Å²) in [6, 6.07) is 6.29. The summed E-state index contributed by atoms with van der Waals surface area (Å²) in [7, 11) is 0. The maximum atomic E-state index is 12.0. The summed E-state index contributed by atoms with van der Waals surface area (Å²) >= 11 is 0. The number of Topliss-reactive ketones (excluding diaryl/α,β-unsaturated/α-hetero) is 1. The molecule has 104 valence electrons. The Hall–Kier alpha value is -1.88. The van der Waals surface area contributed by atoms with Gasteiger partial charge in [0, 0.05) is 5.56 Å². The molecule has 0 amide bonds. The Kier molecular flexibility index (Phi) is 5.51. The Morgan fingerprint density at radius 1 is 1.21 bits per heavy atom. The van der Waals surface area contributed by atoms with Crippen LogP contribution in [0.15, 0.2) is 24.3 Å². The molecule has 1 aromatic rings. The zero-order chi connectivity index (χ0) is 14.4. The van der Waals surface area contributed by atoms with Crippen molar-refractivity contribution in [2.45, 2.75) is 32.9 Å². The van der Waals surface area contributed by atoms with Crippen LogP contribution in [0.4, 0.5) is 0 Å². The summed E-state index contributed by atoms with van der Waals surface area (Å²) in [5.41, 5.74) is 0.529. The third-order valence-corrected chi connectivity index (χ3v) is 2.46. The van der Waals surface area contributed by atoms with E-state index in [4.69, 9.17) is 9.84 Å². The molecule has 0 bridgehead atoms. The number of benzene rings is 1. The van der Waals surface area contributed by atoms with E-state index in [1.54, 1.807) is 31.2 Å². The molecule has 0 fully saturated rings. The standard InChI is InChI=1S/C14H19NO4/c1-9(2)19-12-6-4-11(5-7-12)14(18)10(3)15-8-13(16)17/h4-7,9-10,15H,8H2,1-3H3,(H,16,17). The van der Waals surface area contributed by atoms with Gasteiger partial charge in [-0.25, -0.2) is 0 Å². The summed E-state index contributed by atoms with van der Waals surface area (Å²) in [5, 5.41) is 11.2. The van der Waals surface area contributed by atoms with Crippen molar-refractivity contribution in [3.05, 3.63) is 29.8 Å². The Bertz CT molecular complexity index is 439. The zero-order valence-corrected chi connectivity index (χ0v) is 11.3. The van der Waals surface area contributed by atoms with Crippen molar-refractivity contribution < 1.29 is 19.4 Å². The van der Waals surface area contributed by atoms with Gasteiger partial charge in [-0.1, -0.05) is 0 Å². The lowest BCUT2D eigenvalue weighted by Crippen LogP contribution is -2.37. The number of carboxylic acid groups (broad SMARTS) is 1. The van der Waals surface area contributed by atoms with E-state index in [0.717, 1.165) is 0 Å². The van der Waals surface area contributed by atoms with E-state index in [-0.39, 0.29) is 18.4 Å². The zero-order valence-electron chi connectivity index (χ0n) is 11.3. The molecular formula is C14H19NO4. The average Bonchev–Trinajstić information content (AvgIpc) is 2.35. The van der Waals surface area contributed by atoms with E-state index < -0.39 is 12.0 Å². The quantitative estimate of drug-likeness (QED) is 0.734. The number of ether oxygens (including phenoxy) is 1. The van der Waals surface area contributed by atoms with E-state index in [9.17, 15) is 9.59 Å². The SMILES string of the molecule is CC(C)Oc1ccc(C(=O)C(C)NCC(=O)O)cc1. The summed E-state index contributed by atoms with van der Waals surface area (Å²) in [6.07, 6.45) is 0.0812. The van der Waals surface area contributed by atoms with E-state index in [0.29, 0.717) is 11.3 Å². The first-order valence-corrected chi connectivity index (χ1v) is 6.16. The van der Waals surface area contributed by atoms with Crippen LogP contribution in [0.5, 0.6) is 5.75 Å². The van der Waals surface area contributed by atoms with Crippen LogP contribution in [0, 0.1) is 0 Å². The molecule has 0 aliphatic heterocycles. The first-order valence-electron chi connectivity index (χ1n) is 6.16. The van der Waals surface area contributed by atoms with Crippen LogP contribution in [-0.2, 0) is 4.79 Å². The van der Waals surface area contributed by atoms with Crippen LogP contribution in [-0.4, -0.2) is 35.5 Å². The van der Waals surface area contributed by atoms with Gasteiger partial charge < -0.3 is 9.84 Å². The second-order valence-electron chi connectivity index (χ2n) is 4.55. The van der Waals surface area contributed by atoms with Crippen LogP contribution >= 0.6 is 0 Å². The molecule has 0 saturated carbocycles. The molecule has 0 radical (unpaired) electrons. The monoisotopic (exact) mass is 265 g/mol. The summed E-state index contributed by atoms with van der Waals surface area (Å²) in [4.78, 5) is 22.4. The van der Waals surface area contributed by atoms with Crippen molar-refractivity contribution in [2.24, 2.45) is 0 Å². The fourth-order valence-corrected chi connectivity index (χ4v) is 1.55. The molecule has 0 aliphatic carbocycles. The normalized spacial score (nSPS) is 12.2. The molecule has 2 N–H and O–H groups in total. The average molecular weight is 265 g/mol. The van der Waals surface area contributed by atoms with Gasteiger partial charge >= 0.3 is 5.97 Å². The van der Waals surface area contributed by atoms with Gasteiger partial charge in [-0.05, 0) is 45.0 Å².